The Kier molecular flexibility index (Phi) is 3.94. The van der Waals surface area contributed by atoms with E-state index in [-0.39, 0.29) is 5.41 Å². The van der Waals surface area contributed by atoms with Gasteiger partial charge in [0, 0.05) is 31.3 Å². The SMILES string of the molecule is CC1(C)COC2(CCN(Cc3nc(-c4ccoc4)no3)CC2)OC1. The van der Waals surface area contributed by atoms with E-state index in [0.717, 1.165) is 44.7 Å². The Balaban J connectivity index is 1.32. The summed E-state index contributed by atoms with van der Waals surface area (Å²) in [5.74, 6) is 0.783. The Hall–Kier alpha value is -1.70. The Morgan fingerprint density at radius 1 is 1.17 bits per heavy atom. The van der Waals surface area contributed by atoms with E-state index in [0.29, 0.717) is 18.3 Å². The number of nitrogens with zero attached hydrogens (tertiary/aromatic N) is 3. The maximum atomic E-state index is 6.06. The summed E-state index contributed by atoms with van der Waals surface area (Å²) in [5, 5.41) is 4.00. The fourth-order valence-corrected chi connectivity index (χ4v) is 3.10. The van der Waals surface area contributed by atoms with Crippen molar-refractivity contribution in [2.24, 2.45) is 5.41 Å². The van der Waals surface area contributed by atoms with Gasteiger partial charge in [0.15, 0.2) is 5.79 Å². The van der Waals surface area contributed by atoms with Crippen molar-refractivity contribution < 1.29 is 18.4 Å². The van der Waals surface area contributed by atoms with Crippen LogP contribution in [0.15, 0.2) is 27.5 Å². The molecule has 0 aromatic carbocycles. The summed E-state index contributed by atoms with van der Waals surface area (Å²) < 4.78 is 22.5. The number of aromatic nitrogens is 2. The van der Waals surface area contributed by atoms with E-state index in [1.165, 1.54) is 0 Å². The van der Waals surface area contributed by atoms with E-state index in [2.05, 4.69) is 28.9 Å². The van der Waals surface area contributed by atoms with Crippen molar-refractivity contribution in [1.82, 2.24) is 15.0 Å². The Morgan fingerprint density at radius 3 is 2.58 bits per heavy atom. The van der Waals surface area contributed by atoms with Gasteiger partial charge in [0.05, 0.1) is 31.6 Å². The molecular weight excluding hydrogens is 310 g/mol. The third kappa shape index (κ3) is 3.24. The molecule has 130 valence electrons. The van der Waals surface area contributed by atoms with Crippen molar-refractivity contribution in [1.29, 1.82) is 0 Å². The number of hydrogen-bond acceptors (Lipinski definition) is 7. The number of piperidine rings is 1. The summed E-state index contributed by atoms with van der Waals surface area (Å²) >= 11 is 0. The lowest BCUT2D eigenvalue weighted by Gasteiger charge is -2.47. The number of rotatable bonds is 3. The molecule has 7 heteroatoms. The number of hydrogen-bond donors (Lipinski definition) is 0. The maximum Gasteiger partial charge on any atom is 0.241 e. The average Bonchev–Trinajstić information content (AvgIpc) is 3.24. The summed E-state index contributed by atoms with van der Waals surface area (Å²) in [6.45, 7) is 8.28. The molecule has 0 radical (unpaired) electrons. The average molecular weight is 333 g/mol. The van der Waals surface area contributed by atoms with Crippen molar-refractivity contribution in [3.8, 4) is 11.4 Å². The molecule has 0 bridgehead atoms. The first-order valence-corrected chi connectivity index (χ1v) is 8.39. The molecule has 1 spiro atoms. The molecule has 7 nitrogen and oxygen atoms in total. The molecule has 0 aliphatic carbocycles. The Labute approximate surface area is 140 Å². The van der Waals surface area contributed by atoms with Gasteiger partial charge >= 0.3 is 0 Å². The van der Waals surface area contributed by atoms with Crippen molar-refractivity contribution in [3.63, 3.8) is 0 Å². The molecule has 2 aromatic rings. The quantitative estimate of drug-likeness (QED) is 0.855. The minimum Gasteiger partial charge on any atom is -0.472 e. The maximum absolute atomic E-state index is 6.06. The molecule has 2 aliphatic rings. The summed E-state index contributed by atoms with van der Waals surface area (Å²) in [5.41, 5.74) is 0.935. The van der Waals surface area contributed by atoms with Crippen molar-refractivity contribution >= 4 is 0 Å². The zero-order chi connectivity index (χ0) is 16.6. The van der Waals surface area contributed by atoms with Crippen molar-refractivity contribution in [2.75, 3.05) is 26.3 Å². The number of likely N-dealkylation sites (tertiary alicyclic amines) is 1. The molecule has 4 heterocycles. The second-order valence-corrected chi connectivity index (χ2v) is 7.45. The van der Waals surface area contributed by atoms with Gasteiger partial charge in [-0.15, -0.1) is 0 Å². The smallest absolute Gasteiger partial charge is 0.241 e. The van der Waals surface area contributed by atoms with E-state index >= 15 is 0 Å². The van der Waals surface area contributed by atoms with Crippen LogP contribution in [0, 0.1) is 5.41 Å². The predicted molar refractivity (Wildman–Crippen MR) is 84.9 cm³/mol. The van der Waals surface area contributed by atoms with E-state index in [9.17, 15) is 0 Å². The number of furan rings is 1. The van der Waals surface area contributed by atoms with Crippen LogP contribution < -0.4 is 0 Å². The summed E-state index contributed by atoms with van der Waals surface area (Å²) in [6.07, 6.45) is 4.94. The van der Waals surface area contributed by atoms with Gasteiger partial charge in [0.1, 0.15) is 6.26 Å². The van der Waals surface area contributed by atoms with Gasteiger partial charge in [0.25, 0.3) is 0 Å². The van der Waals surface area contributed by atoms with Crippen LogP contribution in [0.2, 0.25) is 0 Å². The molecule has 24 heavy (non-hydrogen) atoms. The summed E-state index contributed by atoms with van der Waals surface area (Å²) in [4.78, 5) is 6.72. The predicted octanol–water partition coefficient (Wildman–Crippen LogP) is 2.69. The van der Waals surface area contributed by atoms with E-state index in [1.807, 2.05) is 6.07 Å². The van der Waals surface area contributed by atoms with Crippen LogP contribution in [0.4, 0.5) is 0 Å². The normalized spacial score (nSPS) is 23.6. The second-order valence-electron chi connectivity index (χ2n) is 7.45. The third-order valence-electron chi connectivity index (χ3n) is 4.68. The standard InChI is InChI=1S/C17H23N3O4/c1-16(2)11-22-17(23-12-16)4-6-20(7-5-17)9-14-18-15(19-24-14)13-3-8-21-10-13/h3,8,10H,4-7,9,11-12H2,1-2H3. The third-order valence-corrected chi connectivity index (χ3v) is 4.68. The largest absolute Gasteiger partial charge is 0.472 e. The van der Waals surface area contributed by atoms with Gasteiger partial charge in [-0.25, -0.2) is 0 Å². The Bertz CT molecular complexity index is 660. The van der Waals surface area contributed by atoms with E-state index < -0.39 is 5.79 Å². The monoisotopic (exact) mass is 333 g/mol. The van der Waals surface area contributed by atoms with Crippen LogP contribution in [0.25, 0.3) is 11.4 Å². The molecule has 2 saturated heterocycles. The van der Waals surface area contributed by atoms with Gasteiger partial charge in [-0.2, -0.15) is 4.98 Å². The van der Waals surface area contributed by atoms with Gasteiger partial charge in [-0.1, -0.05) is 19.0 Å². The molecule has 2 fully saturated rings. The number of ether oxygens (including phenoxy) is 2. The lowest BCUT2D eigenvalue weighted by atomic mass is 9.92. The van der Waals surface area contributed by atoms with Crippen LogP contribution in [-0.4, -0.2) is 47.1 Å². The first-order chi connectivity index (χ1) is 11.5. The molecule has 0 saturated carbocycles. The van der Waals surface area contributed by atoms with Gasteiger partial charge in [-0.3, -0.25) is 4.90 Å². The highest BCUT2D eigenvalue weighted by atomic mass is 16.7. The van der Waals surface area contributed by atoms with Crippen molar-refractivity contribution in [2.45, 2.75) is 39.0 Å². The highest BCUT2D eigenvalue weighted by Gasteiger charge is 2.42. The topological polar surface area (TPSA) is 73.8 Å². The van der Waals surface area contributed by atoms with Gasteiger partial charge in [0.2, 0.25) is 11.7 Å². The van der Waals surface area contributed by atoms with E-state index in [4.69, 9.17) is 18.4 Å². The van der Waals surface area contributed by atoms with Crippen LogP contribution in [0.5, 0.6) is 0 Å². The summed E-state index contributed by atoms with van der Waals surface area (Å²) in [7, 11) is 0. The van der Waals surface area contributed by atoms with Crippen LogP contribution in [0.3, 0.4) is 0 Å². The fraction of sp³-hybridized carbons (Fsp3) is 0.647. The molecule has 0 amide bonds. The molecular formula is C17H23N3O4. The highest BCUT2D eigenvalue weighted by Crippen LogP contribution is 2.36. The van der Waals surface area contributed by atoms with Crippen LogP contribution in [0.1, 0.15) is 32.6 Å². The first kappa shape index (κ1) is 15.8. The van der Waals surface area contributed by atoms with Crippen LogP contribution in [-0.2, 0) is 16.0 Å². The minimum atomic E-state index is -0.400. The zero-order valence-electron chi connectivity index (χ0n) is 14.2. The molecule has 0 N–H and O–H groups in total. The molecule has 4 rings (SSSR count). The lowest BCUT2D eigenvalue weighted by molar-refractivity contribution is -0.313. The molecule has 2 aliphatic heterocycles. The molecule has 0 atom stereocenters. The minimum absolute atomic E-state index is 0.107. The molecule has 2 aromatic heterocycles. The molecule has 0 unspecified atom stereocenters. The zero-order valence-corrected chi connectivity index (χ0v) is 14.2. The summed E-state index contributed by atoms with van der Waals surface area (Å²) in [6, 6.07) is 1.82. The van der Waals surface area contributed by atoms with Crippen molar-refractivity contribution in [3.05, 3.63) is 24.5 Å². The Morgan fingerprint density at radius 2 is 1.92 bits per heavy atom. The highest BCUT2D eigenvalue weighted by molar-refractivity contribution is 5.51. The lowest BCUT2D eigenvalue weighted by Crippen LogP contribution is -2.53. The van der Waals surface area contributed by atoms with E-state index in [1.54, 1.807) is 12.5 Å². The fourth-order valence-electron chi connectivity index (χ4n) is 3.10. The first-order valence-electron chi connectivity index (χ1n) is 8.39. The van der Waals surface area contributed by atoms with Gasteiger partial charge < -0.3 is 18.4 Å². The second kappa shape index (κ2) is 5.98. The van der Waals surface area contributed by atoms with Crippen LogP contribution >= 0.6 is 0 Å². The van der Waals surface area contributed by atoms with Gasteiger partial charge in [-0.05, 0) is 6.07 Å².